The Labute approximate surface area is 117 Å². The van der Waals surface area contributed by atoms with Crippen LogP contribution in [0.15, 0.2) is 11.6 Å². The fraction of sp³-hybridized carbons (Fsp3) is 0.611. The quantitative estimate of drug-likeness (QED) is 0.530. The van der Waals surface area contributed by atoms with E-state index in [4.69, 9.17) is 0 Å². The molecule has 0 bridgehead atoms. The first-order valence-electron chi connectivity index (χ1n) is 7.40. The van der Waals surface area contributed by atoms with Crippen molar-refractivity contribution in [1.82, 2.24) is 0 Å². The molecular weight excluding hydrogens is 232 g/mol. The van der Waals surface area contributed by atoms with E-state index in [2.05, 4.69) is 30.6 Å². The molecule has 1 heteroatoms. The van der Waals surface area contributed by atoms with Crippen LogP contribution in [0, 0.1) is 29.6 Å². The van der Waals surface area contributed by atoms with Crippen LogP contribution in [-0.4, -0.2) is 5.78 Å². The van der Waals surface area contributed by atoms with E-state index >= 15 is 0 Å². The van der Waals surface area contributed by atoms with Gasteiger partial charge >= 0.3 is 0 Å². The lowest BCUT2D eigenvalue weighted by Crippen LogP contribution is -2.11. The van der Waals surface area contributed by atoms with Gasteiger partial charge in [0, 0.05) is 18.8 Å². The number of hydrogen-bond donors (Lipinski definition) is 0. The van der Waals surface area contributed by atoms with Gasteiger partial charge in [-0.3, -0.25) is 4.79 Å². The summed E-state index contributed by atoms with van der Waals surface area (Å²) in [6.45, 7) is 4.22. The molecule has 0 amide bonds. The molecule has 0 unspecified atom stereocenters. The minimum absolute atomic E-state index is 0.177. The van der Waals surface area contributed by atoms with Crippen molar-refractivity contribution in [3.8, 4) is 23.7 Å². The van der Waals surface area contributed by atoms with E-state index in [1.54, 1.807) is 6.08 Å². The number of hydrogen-bond acceptors (Lipinski definition) is 1. The molecule has 1 aliphatic rings. The fourth-order valence-corrected chi connectivity index (χ4v) is 2.26. The van der Waals surface area contributed by atoms with Gasteiger partial charge in [0.1, 0.15) is 0 Å². The summed E-state index contributed by atoms with van der Waals surface area (Å²) in [5.74, 6) is 12.4. The maximum Gasteiger partial charge on any atom is 0.156 e. The molecule has 0 N–H and O–H groups in total. The van der Waals surface area contributed by atoms with Crippen molar-refractivity contribution < 1.29 is 4.79 Å². The third-order valence-corrected chi connectivity index (χ3v) is 3.26. The zero-order valence-corrected chi connectivity index (χ0v) is 12.2. The third kappa shape index (κ3) is 7.53. The van der Waals surface area contributed by atoms with Crippen molar-refractivity contribution in [2.24, 2.45) is 5.92 Å². The Balaban J connectivity index is 2.21. The van der Waals surface area contributed by atoms with E-state index in [-0.39, 0.29) is 11.7 Å². The van der Waals surface area contributed by atoms with Gasteiger partial charge in [-0.2, -0.15) is 0 Å². The molecule has 0 aromatic carbocycles. The zero-order valence-electron chi connectivity index (χ0n) is 12.2. The van der Waals surface area contributed by atoms with Gasteiger partial charge in [0.15, 0.2) is 5.78 Å². The average molecular weight is 256 g/mol. The molecule has 19 heavy (non-hydrogen) atoms. The van der Waals surface area contributed by atoms with Gasteiger partial charge in [-0.15, -0.1) is 0 Å². The highest BCUT2D eigenvalue weighted by molar-refractivity contribution is 5.91. The molecule has 0 aromatic rings. The lowest BCUT2D eigenvalue weighted by molar-refractivity contribution is -0.115. The summed E-state index contributed by atoms with van der Waals surface area (Å²) in [7, 11) is 0. The van der Waals surface area contributed by atoms with Crippen LogP contribution in [-0.2, 0) is 4.79 Å². The lowest BCUT2D eigenvalue weighted by atomic mass is 9.89. The predicted molar refractivity (Wildman–Crippen MR) is 80.4 cm³/mol. The molecule has 102 valence electrons. The molecular formula is C18H24O. The monoisotopic (exact) mass is 256 g/mol. The summed E-state index contributed by atoms with van der Waals surface area (Å²) < 4.78 is 0. The Bertz CT molecular complexity index is 434. The molecule has 0 aliphatic heterocycles. The van der Waals surface area contributed by atoms with E-state index in [1.807, 2.05) is 6.92 Å². The summed E-state index contributed by atoms with van der Waals surface area (Å²) in [4.78, 5) is 11.4. The normalized spacial score (nSPS) is 17.9. The molecule has 1 rings (SSSR count). The van der Waals surface area contributed by atoms with Gasteiger partial charge in [0.25, 0.3) is 0 Å². The molecule has 0 saturated carbocycles. The first-order chi connectivity index (χ1) is 9.22. The largest absolute Gasteiger partial charge is 0.295 e. The summed E-state index contributed by atoms with van der Waals surface area (Å²) in [6, 6.07) is 0. The Morgan fingerprint density at radius 3 is 2.68 bits per heavy atom. The Morgan fingerprint density at radius 2 is 1.95 bits per heavy atom. The first-order valence-corrected chi connectivity index (χ1v) is 7.40. The van der Waals surface area contributed by atoms with Gasteiger partial charge in [0.2, 0.25) is 0 Å². The molecule has 0 spiro atoms. The highest BCUT2D eigenvalue weighted by Crippen LogP contribution is 2.20. The SMILES string of the molecule is CCCCCCCC#CC#C[C@@H]1CC(=O)C=C(C)C1. The molecule has 1 nitrogen and oxygen atoms in total. The Hall–Kier alpha value is -1.47. The number of ketones is 1. The second-order valence-electron chi connectivity index (χ2n) is 5.30. The Kier molecular flexibility index (Phi) is 7.76. The fourth-order valence-electron chi connectivity index (χ4n) is 2.26. The van der Waals surface area contributed by atoms with Crippen LogP contribution >= 0.6 is 0 Å². The molecule has 1 atom stereocenters. The maximum atomic E-state index is 11.4. The number of rotatable bonds is 5. The molecule has 0 heterocycles. The molecule has 1 aliphatic carbocycles. The summed E-state index contributed by atoms with van der Waals surface area (Å²) in [6.07, 6.45) is 10.5. The van der Waals surface area contributed by atoms with E-state index in [1.165, 1.54) is 32.1 Å². The summed E-state index contributed by atoms with van der Waals surface area (Å²) in [5.41, 5.74) is 1.14. The van der Waals surface area contributed by atoms with Crippen LogP contribution < -0.4 is 0 Å². The second-order valence-corrected chi connectivity index (χ2v) is 5.30. The van der Waals surface area contributed by atoms with E-state index < -0.39 is 0 Å². The molecule has 0 aromatic heterocycles. The number of carbonyl (C=O) groups is 1. The smallest absolute Gasteiger partial charge is 0.156 e. The van der Waals surface area contributed by atoms with Crippen LogP contribution in [0.4, 0.5) is 0 Å². The van der Waals surface area contributed by atoms with Gasteiger partial charge in [-0.25, -0.2) is 0 Å². The van der Waals surface area contributed by atoms with Gasteiger partial charge < -0.3 is 0 Å². The highest BCUT2D eigenvalue weighted by Gasteiger charge is 2.15. The van der Waals surface area contributed by atoms with Crippen molar-refractivity contribution in [2.75, 3.05) is 0 Å². The third-order valence-electron chi connectivity index (χ3n) is 3.26. The van der Waals surface area contributed by atoms with E-state index in [0.29, 0.717) is 6.42 Å². The summed E-state index contributed by atoms with van der Waals surface area (Å²) in [5, 5.41) is 0. The lowest BCUT2D eigenvalue weighted by Gasteiger charge is -2.13. The highest BCUT2D eigenvalue weighted by atomic mass is 16.1. The van der Waals surface area contributed by atoms with Crippen molar-refractivity contribution in [1.29, 1.82) is 0 Å². The van der Waals surface area contributed by atoms with Crippen molar-refractivity contribution in [3.63, 3.8) is 0 Å². The number of carbonyl (C=O) groups excluding carboxylic acids is 1. The second kappa shape index (κ2) is 9.46. The molecule has 0 radical (unpaired) electrons. The van der Waals surface area contributed by atoms with Gasteiger partial charge in [-0.1, -0.05) is 50.0 Å². The molecule has 0 saturated heterocycles. The van der Waals surface area contributed by atoms with E-state index in [9.17, 15) is 4.79 Å². The topological polar surface area (TPSA) is 17.1 Å². The van der Waals surface area contributed by atoms with Crippen molar-refractivity contribution >= 4 is 5.78 Å². The van der Waals surface area contributed by atoms with Crippen LogP contribution in [0.3, 0.4) is 0 Å². The van der Waals surface area contributed by atoms with Crippen molar-refractivity contribution in [3.05, 3.63) is 11.6 Å². The van der Waals surface area contributed by atoms with Crippen molar-refractivity contribution in [2.45, 2.75) is 65.2 Å². The van der Waals surface area contributed by atoms with E-state index in [0.717, 1.165) is 18.4 Å². The minimum atomic E-state index is 0.177. The zero-order chi connectivity index (χ0) is 13.9. The first kappa shape index (κ1) is 15.6. The van der Waals surface area contributed by atoms with Gasteiger partial charge in [0.05, 0.1) is 0 Å². The van der Waals surface area contributed by atoms with Crippen LogP contribution in [0.25, 0.3) is 0 Å². The number of unbranched alkanes of at least 4 members (excludes halogenated alkanes) is 5. The van der Waals surface area contributed by atoms with Gasteiger partial charge in [-0.05, 0) is 37.7 Å². The Morgan fingerprint density at radius 1 is 1.16 bits per heavy atom. The maximum absolute atomic E-state index is 11.4. The molecule has 0 fully saturated rings. The summed E-state index contributed by atoms with van der Waals surface area (Å²) >= 11 is 0. The minimum Gasteiger partial charge on any atom is -0.295 e. The van der Waals surface area contributed by atoms with Crippen LogP contribution in [0.2, 0.25) is 0 Å². The predicted octanol–water partition coefficient (Wildman–Crippen LogP) is 4.28. The average Bonchev–Trinajstić information content (AvgIpc) is 2.36. The van der Waals surface area contributed by atoms with Crippen LogP contribution in [0.1, 0.15) is 65.2 Å². The van der Waals surface area contributed by atoms with Crippen LogP contribution in [0.5, 0.6) is 0 Å². The standard InChI is InChI=1S/C18H24O/c1-3-4-5-6-7-8-9-10-11-12-17-13-16(2)14-18(19)15-17/h14,17H,3-8,13,15H2,1-2H3/t17-/m0/s1. The number of allylic oxidation sites excluding steroid dienone is 2.